The van der Waals surface area contributed by atoms with Gasteiger partial charge in [-0.1, -0.05) is 36.0 Å². The van der Waals surface area contributed by atoms with Gasteiger partial charge < -0.3 is 29.8 Å². The molecule has 19 heteroatoms. The number of carboxylic acid groups (broad SMARTS) is 2. The largest absolute Gasteiger partial charge is 0.481 e. The predicted molar refractivity (Wildman–Crippen MR) is 221 cm³/mol. The number of nitrogens with zero attached hydrogens (tertiary/aromatic N) is 2. The second-order valence-electron chi connectivity index (χ2n) is 15.8. The summed E-state index contributed by atoms with van der Waals surface area (Å²) in [6.07, 6.45) is -9.09. The first-order valence-electron chi connectivity index (χ1n) is 20.4. The summed E-state index contributed by atoms with van der Waals surface area (Å²) in [5.74, 6) is -5.39. The van der Waals surface area contributed by atoms with Gasteiger partial charge in [-0.3, -0.25) is 19.2 Å². The van der Waals surface area contributed by atoms with E-state index in [1.165, 1.54) is 36.4 Å². The zero-order chi connectivity index (χ0) is 46.2. The fourth-order valence-electron chi connectivity index (χ4n) is 8.20. The number of carboxylic acids is 2. The smallest absolute Gasteiger partial charge is 0.410 e. The van der Waals surface area contributed by atoms with Crippen LogP contribution in [-0.4, -0.2) is 95.5 Å². The van der Waals surface area contributed by atoms with Crippen LogP contribution in [0.2, 0.25) is 0 Å². The van der Waals surface area contributed by atoms with Crippen LogP contribution in [0.15, 0.2) is 94.7 Å². The highest BCUT2D eigenvalue weighted by Gasteiger charge is 2.37. The number of amides is 2. The Morgan fingerprint density at radius 1 is 0.600 bits per heavy atom. The second-order valence-corrected chi connectivity index (χ2v) is 16.9. The number of allylic oxidation sites excluding steroid dienone is 2. The minimum absolute atomic E-state index is 0.0638. The van der Waals surface area contributed by atoms with E-state index < -0.39 is 59.1 Å². The molecule has 4 heterocycles. The van der Waals surface area contributed by atoms with E-state index in [9.17, 15) is 55.7 Å². The lowest BCUT2D eigenvalue weighted by atomic mass is 9.95. The number of hydrogen-bond acceptors (Lipinski definition) is 9. The molecule has 0 bridgehead atoms. The average Bonchev–Trinajstić information content (AvgIpc) is 3.99. The second kappa shape index (κ2) is 18.3. The van der Waals surface area contributed by atoms with E-state index in [1.807, 2.05) is 0 Å². The summed E-state index contributed by atoms with van der Waals surface area (Å²) in [4.78, 5) is 75.0. The standard InChI is InChI=1S/C46H38F6N2O10S/c47-45(48,49)21-35(41(55)53-13-9-31(23-53)43(57)58)27-3-7-39(33(19-27)25-1-5-37-29(17-25)11-15-61-63-37)65-40-8-4-28(20-34(40)26-2-6-38-30(18-26)12-16-62-64-38)36(22-46(50,51)52)42(56)54-14-10-32(24-54)44(59)60/h1-8,17-22,31-32H,9-16,23-24H2,(H,57,58)(H,59,60). The van der Waals surface area contributed by atoms with Gasteiger partial charge in [0.25, 0.3) is 11.8 Å². The van der Waals surface area contributed by atoms with Gasteiger partial charge >= 0.3 is 24.3 Å². The van der Waals surface area contributed by atoms with Crippen molar-refractivity contribution in [3.05, 3.63) is 107 Å². The number of rotatable bonds is 10. The molecular weight excluding hydrogens is 887 g/mol. The molecule has 0 aromatic heterocycles. The van der Waals surface area contributed by atoms with E-state index in [2.05, 4.69) is 0 Å². The van der Waals surface area contributed by atoms with Crippen LogP contribution < -0.4 is 9.78 Å². The number of alkyl halides is 6. The molecule has 0 spiro atoms. The maximum atomic E-state index is 14.2. The Morgan fingerprint density at radius 3 is 1.38 bits per heavy atom. The van der Waals surface area contributed by atoms with Crippen LogP contribution in [0.25, 0.3) is 33.4 Å². The zero-order valence-corrected chi connectivity index (χ0v) is 34.9. The van der Waals surface area contributed by atoms with Gasteiger partial charge in [-0.2, -0.15) is 36.1 Å². The Bertz CT molecular complexity index is 2450. The van der Waals surface area contributed by atoms with E-state index in [0.29, 0.717) is 56.4 Å². The zero-order valence-electron chi connectivity index (χ0n) is 34.0. The molecule has 4 aliphatic rings. The van der Waals surface area contributed by atoms with Crippen LogP contribution in [-0.2, 0) is 41.8 Å². The third-order valence-electron chi connectivity index (χ3n) is 11.5. The van der Waals surface area contributed by atoms with Crippen molar-refractivity contribution < 1.29 is 75.3 Å². The summed E-state index contributed by atoms with van der Waals surface area (Å²) in [7, 11) is 0. The van der Waals surface area contributed by atoms with Crippen LogP contribution in [0.4, 0.5) is 26.3 Å². The molecule has 4 aliphatic heterocycles. The molecule has 0 saturated carbocycles. The Morgan fingerprint density at radius 2 is 1.02 bits per heavy atom. The summed E-state index contributed by atoms with van der Waals surface area (Å²) >= 11 is 1.13. The van der Waals surface area contributed by atoms with Crippen LogP contribution in [0.3, 0.4) is 0 Å². The Labute approximate surface area is 370 Å². The molecule has 4 aromatic carbocycles. The molecular formula is C46H38F6N2O10S. The number of aliphatic carboxylic acids is 2. The van der Waals surface area contributed by atoms with Crippen molar-refractivity contribution in [1.29, 1.82) is 0 Å². The van der Waals surface area contributed by atoms with Gasteiger partial charge in [0.15, 0.2) is 11.5 Å². The van der Waals surface area contributed by atoms with Crippen LogP contribution in [0.5, 0.6) is 11.5 Å². The summed E-state index contributed by atoms with van der Waals surface area (Å²) in [5, 5.41) is 19.1. The van der Waals surface area contributed by atoms with Crippen LogP contribution >= 0.6 is 11.8 Å². The first-order chi connectivity index (χ1) is 30.9. The molecule has 8 rings (SSSR count). The minimum Gasteiger partial charge on any atom is -0.481 e. The number of carbonyl (C=O) groups excluding carboxylic acids is 2. The van der Waals surface area contributed by atoms with Gasteiger partial charge in [-0.25, -0.2) is 0 Å². The number of hydrogen-bond donors (Lipinski definition) is 2. The van der Waals surface area contributed by atoms with Gasteiger partial charge in [0.05, 0.1) is 36.2 Å². The Balaban J connectivity index is 1.26. The Hall–Kier alpha value is -6.31. The molecule has 2 unspecified atom stereocenters. The number of halogens is 6. The van der Waals surface area contributed by atoms with Crippen molar-refractivity contribution in [2.45, 2.75) is 47.8 Å². The summed E-state index contributed by atoms with van der Waals surface area (Å²) in [6, 6.07) is 18.7. The van der Waals surface area contributed by atoms with Crippen molar-refractivity contribution in [2.75, 3.05) is 39.4 Å². The molecule has 2 saturated heterocycles. The van der Waals surface area contributed by atoms with Crippen LogP contribution in [0, 0.1) is 11.8 Å². The van der Waals surface area contributed by atoms with Crippen molar-refractivity contribution in [3.63, 3.8) is 0 Å². The van der Waals surface area contributed by atoms with Crippen molar-refractivity contribution >= 4 is 46.7 Å². The lowest BCUT2D eigenvalue weighted by Gasteiger charge is -2.22. The van der Waals surface area contributed by atoms with Crippen molar-refractivity contribution in [1.82, 2.24) is 9.80 Å². The number of likely N-dealkylation sites (tertiary alicyclic amines) is 2. The molecule has 340 valence electrons. The summed E-state index contributed by atoms with van der Waals surface area (Å²) in [6.45, 7) is -0.237. The molecule has 2 N–H and O–H groups in total. The highest BCUT2D eigenvalue weighted by Crippen LogP contribution is 2.45. The van der Waals surface area contributed by atoms with E-state index in [-0.39, 0.29) is 75.5 Å². The lowest BCUT2D eigenvalue weighted by molar-refractivity contribution is -0.215. The molecule has 2 fully saturated rings. The molecule has 0 aliphatic carbocycles. The predicted octanol–water partition coefficient (Wildman–Crippen LogP) is 8.66. The third kappa shape index (κ3) is 10.3. The first-order valence-corrected chi connectivity index (χ1v) is 21.2. The minimum atomic E-state index is -4.94. The molecule has 2 amide bonds. The average molecular weight is 925 g/mol. The Kier molecular flexibility index (Phi) is 12.7. The molecule has 65 heavy (non-hydrogen) atoms. The van der Waals surface area contributed by atoms with E-state index >= 15 is 0 Å². The molecule has 2 atom stereocenters. The van der Waals surface area contributed by atoms with Gasteiger partial charge in [0, 0.05) is 72.1 Å². The van der Waals surface area contributed by atoms with Crippen molar-refractivity contribution in [3.8, 4) is 33.8 Å². The number of carbonyl (C=O) groups is 4. The van der Waals surface area contributed by atoms with Gasteiger partial charge in [0.1, 0.15) is 0 Å². The molecule has 4 aromatic rings. The highest BCUT2D eigenvalue weighted by molar-refractivity contribution is 7.99. The summed E-state index contributed by atoms with van der Waals surface area (Å²) < 4.78 is 85.2. The fraction of sp³-hybridized carbons (Fsp3) is 0.304. The normalized spacial score (nSPS) is 19.0. The van der Waals surface area contributed by atoms with Gasteiger partial charge in [-0.05, 0) is 94.8 Å². The van der Waals surface area contributed by atoms with Crippen molar-refractivity contribution in [2.24, 2.45) is 11.8 Å². The maximum absolute atomic E-state index is 14.2. The maximum Gasteiger partial charge on any atom is 0.410 e. The molecule has 12 nitrogen and oxygen atoms in total. The van der Waals surface area contributed by atoms with E-state index in [0.717, 1.165) is 32.7 Å². The topological polar surface area (TPSA) is 152 Å². The first kappa shape index (κ1) is 45.3. The molecule has 0 radical (unpaired) electrons. The summed E-state index contributed by atoms with van der Waals surface area (Å²) in [5.41, 5.74) is 1.58. The third-order valence-corrected chi connectivity index (χ3v) is 12.6. The van der Waals surface area contributed by atoms with Crippen LogP contribution in [0.1, 0.15) is 35.1 Å². The van der Waals surface area contributed by atoms with E-state index in [1.54, 1.807) is 36.4 Å². The van der Waals surface area contributed by atoms with Gasteiger partial charge in [0.2, 0.25) is 0 Å². The monoisotopic (exact) mass is 924 g/mol. The fourth-order valence-corrected chi connectivity index (χ4v) is 9.28. The number of fused-ring (bicyclic) bond motifs is 2. The highest BCUT2D eigenvalue weighted by atomic mass is 32.2. The van der Waals surface area contributed by atoms with Gasteiger partial charge in [-0.15, -0.1) is 0 Å². The SMILES string of the molecule is O=C(O)C1CCN(C(=O)C(=CC(F)(F)F)c2ccc(Sc3ccc(C(=CC(F)(F)F)C(=O)N4CCC(C(=O)O)C4)cc3-c3ccc4c(c3)CCOO4)c(-c3ccc4c(c3)CCOO4)c2)C1. The number of benzene rings is 4. The lowest BCUT2D eigenvalue weighted by Crippen LogP contribution is -2.31. The quantitative estimate of drug-likeness (QED) is 0.0893. The van der Waals surface area contributed by atoms with E-state index in [4.69, 9.17) is 19.6 Å².